The lowest BCUT2D eigenvalue weighted by Crippen LogP contribution is -2.26. The molecule has 4 nitrogen and oxygen atoms in total. The number of amides is 1. The molecule has 1 amide bonds. The van der Waals surface area contributed by atoms with E-state index in [2.05, 4.69) is 15.3 Å². The van der Waals surface area contributed by atoms with Crippen molar-refractivity contribution in [3.63, 3.8) is 0 Å². The average molecular weight is 375 g/mol. The summed E-state index contributed by atoms with van der Waals surface area (Å²) in [6, 6.07) is 15.0. The molecule has 0 spiro atoms. The van der Waals surface area contributed by atoms with Gasteiger partial charge in [0.05, 0.1) is 5.52 Å². The molecule has 2 aromatic heterocycles. The Morgan fingerprint density at radius 2 is 1.89 bits per heavy atom. The number of fused-ring (bicyclic) bond motifs is 1. The lowest BCUT2D eigenvalue weighted by molar-refractivity contribution is 0.0950. The van der Waals surface area contributed by atoms with E-state index in [9.17, 15) is 4.79 Å². The molecule has 3 N–H and O–H groups in total. The van der Waals surface area contributed by atoms with Crippen molar-refractivity contribution in [3.05, 3.63) is 83.1 Å². The van der Waals surface area contributed by atoms with E-state index in [0.29, 0.717) is 29.7 Å². The van der Waals surface area contributed by atoms with Crippen LogP contribution in [-0.2, 0) is 6.42 Å². The largest absolute Gasteiger partial charge is 0.357 e. The van der Waals surface area contributed by atoms with Crippen molar-refractivity contribution in [2.75, 3.05) is 6.54 Å². The number of aromatic amines is 2. The average Bonchev–Trinajstić information content (AvgIpc) is 3.34. The van der Waals surface area contributed by atoms with Gasteiger partial charge in [-0.1, -0.05) is 30.3 Å². The summed E-state index contributed by atoms with van der Waals surface area (Å²) in [5, 5.41) is 3.82. The van der Waals surface area contributed by atoms with Crippen LogP contribution in [0.25, 0.3) is 22.0 Å². The second kappa shape index (κ2) is 7.35. The molecular weight excluding hydrogens is 353 g/mol. The van der Waals surface area contributed by atoms with E-state index in [1.54, 1.807) is 18.3 Å². The molecule has 0 aliphatic heterocycles. The number of rotatable bonds is 5. The van der Waals surface area contributed by atoms with Crippen LogP contribution in [0.4, 0.5) is 4.39 Å². The van der Waals surface area contributed by atoms with Crippen molar-refractivity contribution >= 4 is 16.8 Å². The van der Waals surface area contributed by atoms with E-state index in [0.717, 1.165) is 27.8 Å². The van der Waals surface area contributed by atoms with Crippen molar-refractivity contribution in [1.29, 1.82) is 0 Å². The number of carbonyl (C=O) groups is 1. The first-order valence-corrected chi connectivity index (χ1v) is 9.33. The number of halogens is 1. The summed E-state index contributed by atoms with van der Waals surface area (Å²) in [6.45, 7) is 4.43. The van der Waals surface area contributed by atoms with Gasteiger partial charge in [0.25, 0.3) is 5.91 Å². The molecule has 0 unspecified atom stereocenters. The molecule has 0 fully saturated rings. The molecule has 0 radical (unpaired) electrons. The first-order chi connectivity index (χ1) is 13.6. The van der Waals surface area contributed by atoms with Gasteiger partial charge in [0.1, 0.15) is 5.69 Å². The van der Waals surface area contributed by atoms with Crippen LogP contribution in [-0.4, -0.2) is 22.4 Å². The fraction of sp³-hybridized carbons (Fsp3) is 0.174. The predicted molar refractivity (Wildman–Crippen MR) is 110 cm³/mol. The highest BCUT2D eigenvalue weighted by Crippen LogP contribution is 2.34. The van der Waals surface area contributed by atoms with Crippen LogP contribution in [0.1, 0.15) is 27.3 Å². The monoisotopic (exact) mass is 375 g/mol. The van der Waals surface area contributed by atoms with Crippen LogP contribution in [0.3, 0.4) is 0 Å². The molecule has 4 rings (SSSR count). The molecule has 0 atom stereocenters. The number of aryl methyl sites for hydroxylation is 2. The maximum Gasteiger partial charge on any atom is 0.267 e. The Labute approximate surface area is 162 Å². The number of hydrogen-bond acceptors (Lipinski definition) is 1. The smallest absolute Gasteiger partial charge is 0.267 e. The van der Waals surface area contributed by atoms with E-state index in [4.69, 9.17) is 0 Å². The SMILES string of the molecule is Cc1[nH]c2c(F)c(-c3ccccc3)cc(C)c2c1CCNC(=O)c1ccc[nH]1. The van der Waals surface area contributed by atoms with Crippen LogP contribution in [0.5, 0.6) is 0 Å². The highest BCUT2D eigenvalue weighted by Gasteiger charge is 2.18. The summed E-state index contributed by atoms with van der Waals surface area (Å²) in [5.74, 6) is -0.381. The topological polar surface area (TPSA) is 60.7 Å². The van der Waals surface area contributed by atoms with Gasteiger partial charge < -0.3 is 15.3 Å². The van der Waals surface area contributed by atoms with Crippen LogP contribution >= 0.6 is 0 Å². The normalized spacial score (nSPS) is 11.1. The zero-order valence-electron chi connectivity index (χ0n) is 15.9. The number of hydrogen-bond donors (Lipinski definition) is 3. The molecule has 4 aromatic rings. The van der Waals surface area contributed by atoms with E-state index in [1.165, 1.54) is 0 Å². The summed E-state index contributed by atoms with van der Waals surface area (Å²) in [7, 11) is 0. The summed E-state index contributed by atoms with van der Waals surface area (Å²) >= 11 is 0. The Bertz CT molecular complexity index is 1130. The Kier molecular flexibility index (Phi) is 4.74. The Balaban J connectivity index is 1.64. The number of H-pyrrole nitrogens is 2. The third kappa shape index (κ3) is 3.20. The Morgan fingerprint density at radius 3 is 2.61 bits per heavy atom. The summed E-state index contributed by atoms with van der Waals surface area (Å²) < 4.78 is 15.3. The molecule has 0 saturated heterocycles. The number of aromatic nitrogens is 2. The quantitative estimate of drug-likeness (QED) is 0.457. The zero-order chi connectivity index (χ0) is 19.7. The summed E-state index contributed by atoms with van der Waals surface area (Å²) in [4.78, 5) is 18.2. The molecular formula is C23H22FN3O. The predicted octanol–water partition coefficient (Wildman–Crippen LogP) is 4.89. The first-order valence-electron chi connectivity index (χ1n) is 9.33. The van der Waals surface area contributed by atoms with Crippen molar-refractivity contribution in [3.8, 4) is 11.1 Å². The number of nitrogens with one attached hydrogen (secondary N) is 3. The maximum atomic E-state index is 15.3. The molecule has 28 heavy (non-hydrogen) atoms. The van der Waals surface area contributed by atoms with Crippen LogP contribution in [0.15, 0.2) is 54.7 Å². The van der Waals surface area contributed by atoms with Crippen molar-refractivity contribution in [1.82, 2.24) is 15.3 Å². The van der Waals surface area contributed by atoms with Gasteiger partial charge in [0.15, 0.2) is 5.82 Å². The van der Waals surface area contributed by atoms with Gasteiger partial charge in [-0.05, 0) is 55.2 Å². The molecule has 0 aliphatic rings. The van der Waals surface area contributed by atoms with Gasteiger partial charge in [0.2, 0.25) is 0 Å². The third-order valence-electron chi connectivity index (χ3n) is 5.12. The van der Waals surface area contributed by atoms with E-state index < -0.39 is 0 Å². The van der Waals surface area contributed by atoms with Gasteiger partial charge in [0, 0.05) is 29.4 Å². The second-order valence-corrected chi connectivity index (χ2v) is 6.99. The van der Waals surface area contributed by atoms with Gasteiger partial charge in [-0.2, -0.15) is 0 Å². The van der Waals surface area contributed by atoms with Gasteiger partial charge in [-0.15, -0.1) is 0 Å². The lowest BCUT2D eigenvalue weighted by Gasteiger charge is -2.09. The Morgan fingerprint density at radius 1 is 1.11 bits per heavy atom. The molecule has 142 valence electrons. The maximum absolute atomic E-state index is 15.3. The molecule has 0 bridgehead atoms. The van der Waals surface area contributed by atoms with E-state index >= 15 is 4.39 Å². The molecule has 2 aromatic carbocycles. The summed E-state index contributed by atoms with van der Waals surface area (Å²) in [5.41, 5.74) is 5.50. The van der Waals surface area contributed by atoms with Crippen LogP contribution in [0, 0.1) is 19.7 Å². The number of benzene rings is 2. The zero-order valence-corrected chi connectivity index (χ0v) is 15.9. The van der Waals surface area contributed by atoms with E-state index in [-0.39, 0.29) is 11.7 Å². The fourth-order valence-corrected chi connectivity index (χ4v) is 3.76. The summed E-state index contributed by atoms with van der Waals surface area (Å²) in [6.07, 6.45) is 2.35. The minimum Gasteiger partial charge on any atom is -0.357 e. The third-order valence-corrected chi connectivity index (χ3v) is 5.12. The minimum absolute atomic E-state index is 0.142. The molecule has 2 heterocycles. The van der Waals surface area contributed by atoms with Crippen molar-refractivity contribution in [2.45, 2.75) is 20.3 Å². The molecule has 5 heteroatoms. The standard InChI is InChI=1S/C23H22FN3O/c1-14-13-18(16-7-4-3-5-8-16)21(24)22-20(14)17(15(2)27-22)10-12-26-23(28)19-9-6-11-25-19/h3-9,11,13,25,27H,10,12H2,1-2H3,(H,26,28). The molecule has 0 saturated carbocycles. The van der Waals surface area contributed by atoms with Crippen molar-refractivity contribution in [2.24, 2.45) is 0 Å². The Hall–Kier alpha value is -3.34. The van der Waals surface area contributed by atoms with Crippen molar-refractivity contribution < 1.29 is 9.18 Å². The van der Waals surface area contributed by atoms with Gasteiger partial charge >= 0.3 is 0 Å². The van der Waals surface area contributed by atoms with Crippen LogP contribution in [0.2, 0.25) is 0 Å². The first kappa shape index (κ1) is 18.0. The minimum atomic E-state index is -0.239. The van der Waals surface area contributed by atoms with Gasteiger partial charge in [-0.25, -0.2) is 4.39 Å². The second-order valence-electron chi connectivity index (χ2n) is 6.99. The van der Waals surface area contributed by atoms with Gasteiger partial charge in [-0.3, -0.25) is 4.79 Å². The fourth-order valence-electron chi connectivity index (χ4n) is 3.76. The number of carbonyl (C=O) groups excluding carboxylic acids is 1. The van der Waals surface area contributed by atoms with Crippen LogP contribution < -0.4 is 5.32 Å². The highest BCUT2D eigenvalue weighted by atomic mass is 19.1. The van der Waals surface area contributed by atoms with E-state index in [1.807, 2.05) is 50.2 Å². The lowest BCUT2D eigenvalue weighted by atomic mass is 9.97. The highest BCUT2D eigenvalue weighted by molar-refractivity contribution is 5.93. The molecule has 0 aliphatic carbocycles.